The summed E-state index contributed by atoms with van der Waals surface area (Å²) in [4.78, 5) is 24.9. The fourth-order valence-corrected chi connectivity index (χ4v) is 6.45. The molecule has 156 valence electrons. The van der Waals surface area contributed by atoms with Gasteiger partial charge in [0.25, 0.3) is 0 Å². The van der Waals surface area contributed by atoms with Crippen LogP contribution in [-0.2, 0) is 14.8 Å². The van der Waals surface area contributed by atoms with Gasteiger partial charge in [-0.25, -0.2) is 13.2 Å². The van der Waals surface area contributed by atoms with Crippen molar-refractivity contribution in [1.82, 2.24) is 4.31 Å². The Hall–Kier alpha value is -1.55. The Morgan fingerprint density at radius 2 is 1.72 bits per heavy atom. The molecule has 2 unspecified atom stereocenters. The first kappa shape index (κ1) is 22.1. The molecule has 1 aliphatic rings. The molecule has 9 heteroatoms. The molecule has 1 fully saturated rings. The van der Waals surface area contributed by atoms with Gasteiger partial charge in [0.15, 0.2) is 6.61 Å². The highest BCUT2D eigenvalue weighted by Gasteiger charge is 2.31. The van der Waals surface area contributed by atoms with E-state index in [1.54, 1.807) is 12.1 Å². The van der Waals surface area contributed by atoms with Crippen molar-refractivity contribution >= 4 is 49.0 Å². The van der Waals surface area contributed by atoms with Gasteiger partial charge in [-0.2, -0.15) is 4.31 Å². The van der Waals surface area contributed by atoms with Crippen molar-refractivity contribution in [2.75, 3.05) is 19.7 Å². The average Bonchev–Trinajstić information content (AvgIpc) is 3.11. The van der Waals surface area contributed by atoms with Crippen LogP contribution in [0.15, 0.2) is 45.1 Å². The van der Waals surface area contributed by atoms with Gasteiger partial charge in [-0.3, -0.25) is 4.79 Å². The van der Waals surface area contributed by atoms with Gasteiger partial charge in [0, 0.05) is 13.1 Å². The average molecular weight is 500 g/mol. The first-order chi connectivity index (χ1) is 13.7. The van der Waals surface area contributed by atoms with E-state index in [0.29, 0.717) is 29.8 Å². The molecule has 1 saturated heterocycles. The van der Waals surface area contributed by atoms with Crippen LogP contribution in [0, 0.1) is 11.8 Å². The van der Waals surface area contributed by atoms with E-state index in [0.717, 1.165) is 10.2 Å². The van der Waals surface area contributed by atoms with E-state index in [1.807, 2.05) is 13.8 Å². The van der Waals surface area contributed by atoms with E-state index >= 15 is 0 Å². The van der Waals surface area contributed by atoms with E-state index in [9.17, 15) is 18.0 Å². The SMILES string of the molecule is CC1CC(C)CN(S(=O)(=O)c2ccc(C(=O)OCC(=O)c3ccc(Br)s3)cc2)C1. The summed E-state index contributed by atoms with van der Waals surface area (Å²) in [6.07, 6.45) is 1.01. The lowest BCUT2D eigenvalue weighted by atomic mass is 9.94. The second-order valence-corrected chi connectivity index (χ2v) is 11.8. The Bertz CT molecular complexity index is 990. The summed E-state index contributed by atoms with van der Waals surface area (Å²) in [6.45, 7) is 4.73. The van der Waals surface area contributed by atoms with Gasteiger partial charge in [-0.05, 0) is 70.6 Å². The molecule has 0 bridgehead atoms. The van der Waals surface area contributed by atoms with Crippen LogP contribution in [0.5, 0.6) is 0 Å². The van der Waals surface area contributed by atoms with Gasteiger partial charge in [-0.1, -0.05) is 13.8 Å². The van der Waals surface area contributed by atoms with Crippen molar-refractivity contribution in [3.8, 4) is 0 Å². The zero-order valence-corrected chi connectivity index (χ0v) is 19.3. The Morgan fingerprint density at radius 3 is 2.28 bits per heavy atom. The van der Waals surface area contributed by atoms with Gasteiger partial charge in [0.1, 0.15) is 0 Å². The number of hydrogen-bond donors (Lipinski definition) is 0. The maximum atomic E-state index is 12.9. The standard InChI is InChI=1S/C20H22BrNO5S2/c1-13-9-14(2)11-22(10-13)29(25,26)16-5-3-15(4-6-16)20(24)27-12-17(23)18-7-8-19(21)28-18/h3-8,13-14H,9-12H2,1-2H3. The van der Waals surface area contributed by atoms with E-state index in [-0.39, 0.29) is 22.8 Å². The Morgan fingerprint density at radius 1 is 1.10 bits per heavy atom. The van der Waals surface area contributed by atoms with Crippen molar-refractivity contribution in [3.63, 3.8) is 0 Å². The van der Waals surface area contributed by atoms with Crippen molar-refractivity contribution in [1.29, 1.82) is 0 Å². The molecule has 2 aromatic rings. The number of carbonyl (C=O) groups is 2. The summed E-state index contributed by atoms with van der Waals surface area (Å²) < 4.78 is 33.2. The molecular weight excluding hydrogens is 478 g/mol. The largest absolute Gasteiger partial charge is 0.454 e. The number of hydrogen-bond acceptors (Lipinski definition) is 6. The highest BCUT2D eigenvalue weighted by molar-refractivity contribution is 9.11. The third kappa shape index (κ3) is 5.33. The van der Waals surface area contributed by atoms with Crippen LogP contribution in [0.3, 0.4) is 0 Å². The number of piperidine rings is 1. The summed E-state index contributed by atoms with van der Waals surface area (Å²) in [7, 11) is -3.61. The molecule has 0 amide bonds. The number of ether oxygens (including phenoxy) is 1. The lowest BCUT2D eigenvalue weighted by molar-refractivity contribution is 0.0475. The number of ketones is 1. The second-order valence-electron chi connectivity index (χ2n) is 7.40. The van der Waals surface area contributed by atoms with E-state index in [2.05, 4.69) is 15.9 Å². The number of esters is 1. The molecule has 0 aliphatic carbocycles. The summed E-state index contributed by atoms with van der Waals surface area (Å²) in [5.74, 6) is -0.340. The van der Waals surface area contributed by atoms with Crippen molar-refractivity contribution in [2.24, 2.45) is 11.8 Å². The number of halogens is 1. The minimum absolute atomic E-state index is 0.148. The second kappa shape index (κ2) is 9.07. The lowest BCUT2D eigenvalue weighted by Gasteiger charge is -2.34. The monoisotopic (exact) mass is 499 g/mol. The molecule has 2 atom stereocenters. The van der Waals surface area contributed by atoms with Gasteiger partial charge in [0.2, 0.25) is 15.8 Å². The van der Waals surface area contributed by atoms with E-state index in [1.165, 1.54) is 39.9 Å². The Balaban J connectivity index is 1.64. The minimum Gasteiger partial charge on any atom is -0.454 e. The first-order valence-electron chi connectivity index (χ1n) is 9.22. The van der Waals surface area contributed by atoms with Crippen molar-refractivity contribution in [2.45, 2.75) is 25.2 Å². The minimum atomic E-state index is -3.61. The highest BCUT2D eigenvalue weighted by Crippen LogP contribution is 2.27. The number of nitrogens with zero attached hydrogens (tertiary/aromatic N) is 1. The molecule has 0 spiro atoms. The number of thiophene rings is 1. The smallest absolute Gasteiger partial charge is 0.338 e. The molecule has 6 nitrogen and oxygen atoms in total. The van der Waals surface area contributed by atoms with Crippen LogP contribution < -0.4 is 0 Å². The summed E-state index contributed by atoms with van der Waals surface area (Å²) in [5, 5.41) is 0. The fraction of sp³-hybridized carbons (Fsp3) is 0.400. The lowest BCUT2D eigenvalue weighted by Crippen LogP contribution is -2.42. The van der Waals surface area contributed by atoms with Crippen LogP contribution in [0.2, 0.25) is 0 Å². The maximum Gasteiger partial charge on any atom is 0.338 e. The molecule has 0 N–H and O–H groups in total. The van der Waals surface area contributed by atoms with Gasteiger partial charge in [0.05, 0.1) is 19.1 Å². The Kier molecular flexibility index (Phi) is 6.93. The van der Waals surface area contributed by atoms with Crippen LogP contribution in [-0.4, -0.2) is 44.2 Å². The topological polar surface area (TPSA) is 80.8 Å². The Labute approximate surface area is 183 Å². The summed E-state index contributed by atoms with van der Waals surface area (Å²) in [5.41, 5.74) is 0.199. The fourth-order valence-electron chi connectivity index (χ4n) is 3.46. The van der Waals surface area contributed by atoms with Gasteiger partial charge >= 0.3 is 5.97 Å². The predicted octanol–water partition coefficient (Wildman–Crippen LogP) is 4.22. The predicted molar refractivity (Wildman–Crippen MR) is 115 cm³/mol. The number of sulfonamides is 1. The molecule has 2 heterocycles. The van der Waals surface area contributed by atoms with E-state index in [4.69, 9.17) is 4.74 Å². The zero-order chi connectivity index (χ0) is 21.2. The van der Waals surface area contributed by atoms with Crippen molar-refractivity contribution in [3.05, 3.63) is 50.6 Å². The molecule has 0 radical (unpaired) electrons. The highest BCUT2D eigenvalue weighted by atomic mass is 79.9. The normalized spacial score (nSPS) is 20.4. The molecule has 3 rings (SSSR count). The van der Waals surface area contributed by atoms with E-state index < -0.39 is 16.0 Å². The van der Waals surface area contributed by atoms with Gasteiger partial charge < -0.3 is 4.74 Å². The molecule has 1 aromatic heterocycles. The third-order valence-corrected chi connectivity index (χ3v) is 8.26. The quantitative estimate of drug-likeness (QED) is 0.439. The number of Topliss-reactive ketones (excluding diaryl/α,β-unsaturated/α-hetero) is 1. The van der Waals surface area contributed by atoms with Gasteiger partial charge in [-0.15, -0.1) is 11.3 Å². The van der Waals surface area contributed by atoms with Crippen LogP contribution >= 0.6 is 27.3 Å². The van der Waals surface area contributed by atoms with Crippen LogP contribution in [0.4, 0.5) is 0 Å². The summed E-state index contributed by atoms with van der Waals surface area (Å²) in [6, 6.07) is 9.06. The maximum absolute atomic E-state index is 12.9. The number of carbonyl (C=O) groups excluding carboxylic acids is 2. The first-order valence-corrected chi connectivity index (χ1v) is 12.3. The molecule has 0 saturated carbocycles. The molecule has 29 heavy (non-hydrogen) atoms. The van der Waals surface area contributed by atoms with Crippen LogP contribution in [0.25, 0.3) is 0 Å². The number of rotatable bonds is 6. The molecule has 1 aromatic carbocycles. The third-order valence-electron chi connectivity index (χ3n) is 4.75. The van der Waals surface area contributed by atoms with Crippen molar-refractivity contribution < 1.29 is 22.7 Å². The summed E-state index contributed by atoms with van der Waals surface area (Å²) >= 11 is 4.55. The molecular formula is C20H22BrNO5S2. The molecule has 1 aliphatic heterocycles. The zero-order valence-electron chi connectivity index (χ0n) is 16.1. The van der Waals surface area contributed by atoms with Crippen LogP contribution in [0.1, 0.15) is 40.3 Å². The number of benzene rings is 1.